The first-order chi connectivity index (χ1) is 11.7. The number of hydrogen-bond donors (Lipinski definition) is 2. The number of hydrogen-bond acceptors (Lipinski definition) is 3. The Balaban J connectivity index is 1.44. The summed E-state index contributed by atoms with van der Waals surface area (Å²) in [7, 11) is 0. The van der Waals surface area contributed by atoms with Crippen molar-refractivity contribution < 1.29 is 0 Å². The van der Waals surface area contributed by atoms with E-state index < -0.39 is 0 Å². The molecule has 3 fully saturated rings. The molecular formula is C19H37N5. The highest BCUT2D eigenvalue weighted by Crippen LogP contribution is 2.31. The molecule has 3 rings (SSSR count). The zero-order valence-corrected chi connectivity index (χ0v) is 15.9. The summed E-state index contributed by atoms with van der Waals surface area (Å²) in [5.74, 6) is 1.79. The van der Waals surface area contributed by atoms with Crippen LogP contribution in [0.3, 0.4) is 0 Å². The van der Waals surface area contributed by atoms with Crippen molar-refractivity contribution in [3.63, 3.8) is 0 Å². The van der Waals surface area contributed by atoms with Gasteiger partial charge in [-0.05, 0) is 65.3 Å². The summed E-state index contributed by atoms with van der Waals surface area (Å²) in [6, 6.07) is 2.16. The Morgan fingerprint density at radius 1 is 1.08 bits per heavy atom. The number of guanidine groups is 1. The number of nitrogens with one attached hydrogen (secondary N) is 2. The Bertz CT molecular complexity index is 410. The molecule has 2 aliphatic heterocycles. The monoisotopic (exact) mass is 335 g/mol. The number of nitrogens with zero attached hydrogens (tertiary/aromatic N) is 3. The van der Waals surface area contributed by atoms with Crippen LogP contribution in [0.1, 0.15) is 52.9 Å². The second-order valence-corrected chi connectivity index (χ2v) is 8.15. The highest BCUT2D eigenvalue weighted by Gasteiger charge is 2.34. The molecule has 1 atom stereocenters. The van der Waals surface area contributed by atoms with E-state index in [1.807, 2.05) is 0 Å². The normalized spacial score (nSPS) is 27.8. The van der Waals surface area contributed by atoms with E-state index in [1.54, 1.807) is 0 Å². The highest BCUT2D eigenvalue weighted by atomic mass is 15.2. The van der Waals surface area contributed by atoms with E-state index in [4.69, 9.17) is 4.99 Å². The van der Waals surface area contributed by atoms with Crippen LogP contribution in [0, 0.1) is 5.92 Å². The Kier molecular flexibility index (Phi) is 6.39. The fourth-order valence-electron chi connectivity index (χ4n) is 4.08. The summed E-state index contributed by atoms with van der Waals surface area (Å²) in [4.78, 5) is 10.2. The summed E-state index contributed by atoms with van der Waals surface area (Å²) in [6.45, 7) is 13.6. The zero-order valence-electron chi connectivity index (χ0n) is 15.9. The smallest absolute Gasteiger partial charge is 0.191 e. The van der Waals surface area contributed by atoms with E-state index >= 15 is 0 Å². The average Bonchev–Trinajstić information content (AvgIpc) is 3.32. The number of piperidine rings is 1. The molecule has 2 heterocycles. The molecule has 2 saturated heterocycles. The van der Waals surface area contributed by atoms with Gasteiger partial charge in [-0.25, -0.2) is 0 Å². The van der Waals surface area contributed by atoms with Gasteiger partial charge in [-0.15, -0.1) is 0 Å². The lowest BCUT2D eigenvalue weighted by molar-refractivity contribution is 0.167. The van der Waals surface area contributed by atoms with E-state index in [1.165, 1.54) is 58.3 Å². The number of rotatable bonds is 6. The minimum absolute atomic E-state index is 0.573. The summed E-state index contributed by atoms with van der Waals surface area (Å²) in [6.07, 6.45) is 6.62. The standard InChI is InChI=1S/C19H37N5/c1-4-20-19(22-17-8-11-23(12-9-17)15(2)3)21-13-16-7-10-24(14-16)18-5-6-18/h15-18H,4-14H2,1-3H3,(H2,20,21,22). The Morgan fingerprint density at radius 2 is 1.83 bits per heavy atom. The minimum Gasteiger partial charge on any atom is -0.357 e. The fourth-order valence-corrected chi connectivity index (χ4v) is 4.08. The van der Waals surface area contributed by atoms with Crippen LogP contribution in [0.2, 0.25) is 0 Å². The average molecular weight is 336 g/mol. The van der Waals surface area contributed by atoms with Crippen LogP contribution in [0.4, 0.5) is 0 Å². The van der Waals surface area contributed by atoms with E-state index in [0.29, 0.717) is 12.1 Å². The fraction of sp³-hybridized carbons (Fsp3) is 0.947. The Hall–Kier alpha value is -0.810. The molecule has 5 nitrogen and oxygen atoms in total. The van der Waals surface area contributed by atoms with Crippen molar-refractivity contribution in [1.29, 1.82) is 0 Å². The van der Waals surface area contributed by atoms with Gasteiger partial charge in [-0.1, -0.05) is 0 Å². The van der Waals surface area contributed by atoms with Crippen molar-refractivity contribution in [2.45, 2.75) is 71.0 Å². The molecular weight excluding hydrogens is 298 g/mol. The molecule has 5 heteroatoms. The second-order valence-electron chi connectivity index (χ2n) is 8.15. The molecule has 0 amide bonds. The Morgan fingerprint density at radius 3 is 2.46 bits per heavy atom. The van der Waals surface area contributed by atoms with Crippen molar-refractivity contribution in [1.82, 2.24) is 20.4 Å². The summed E-state index contributed by atoms with van der Waals surface area (Å²) < 4.78 is 0. The van der Waals surface area contributed by atoms with E-state index in [-0.39, 0.29) is 0 Å². The number of aliphatic imine (C=N–C) groups is 1. The van der Waals surface area contributed by atoms with Crippen molar-refractivity contribution in [2.24, 2.45) is 10.9 Å². The van der Waals surface area contributed by atoms with Gasteiger partial charge < -0.3 is 20.4 Å². The maximum atomic E-state index is 4.91. The molecule has 1 aliphatic carbocycles. The van der Waals surface area contributed by atoms with Crippen molar-refractivity contribution in [2.75, 3.05) is 39.3 Å². The van der Waals surface area contributed by atoms with Crippen LogP contribution in [0.25, 0.3) is 0 Å². The molecule has 24 heavy (non-hydrogen) atoms. The zero-order chi connectivity index (χ0) is 16.9. The molecule has 0 aromatic rings. The van der Waals surface area contributed by atoms with E-state index in [0.717, 1.165) is 31.0 Å². The Labute approximate surface area is 148 Å². The van der Waals surface area contributed by atoms with Gasteiger partial charge >= 0.3 is 0 Å². The topological polar surface area (TPSA) is 42.9 Å². The van der Waals surface area contributed by atoms with Crippen LogP contribution in [-0.2, 0) is 0 Å². The van der Waals surface area contributed by atoms with E-state index in [2.05, 4.69) is 41.2 Å². The SMILES string of the molecule is CCNC(=NCC1CCN(C2CC2)C1)NC1CCN(C(C)C)CC1. The van der Waals surface area contributed by atoms with Gasteiger partial charge in [0.05, 0.1) is 0 Å². The lowest BCUT2D eigenvalue weighted by Crippen LogP contribution is -2.50. The molecule has 1 unspecified atom stereocenters. The molecule has 138 valence electrons. The molecule has 3 aliphatic rings. The lowest BCUT2D eigenvalue weighted by Gasteiger charge is -2.35. The summed E-state index contributed by atoms with van der Waals surface area (Å²) in [5, 5.41) is 7.13. The third-order valence-corrected chi connectivity index (χ3v) is 5.83. The maximum absolute atomic E-state index is 4.91. The molecule has 0 radical (unpaired) electrons. The summed E-state index contributed by atoms with van der Waals surface area (Å²) in [5.41, 5.74) is 0. The second kappa shape index (κ2) is 8.52. The minimum atomic E-state index is 0.573. The van der Waals surface area contributed by atoms with Crippen LogP contribution in [-0.4, -0.2) is 73.2 Å². The summed E-state index contributed by atoms with van der Waals surface area (Å²) >= 11 is 0. The third kappa shape index (κ3) is 5.09. The van der Waals surface area contributed by atoms with Crippen molar-refractivity contribution >= 4 is 5.96 Å². The maximum Gasteiger partial charge on any atom is 0.191 e. The largest absolute Gasteiger partial charge is 0.357 e. The predicted octanol–water partition coefficient (Wildman–Crippen LogP) is 1.90. The van der Waals surface area contributed by atoms with Crippen LogP contribution < -0.4 is 10.6 Å². The van der Waals surface area contributed by atoms with Gasteiger partial charge in [0.2, 0.25) is 0 Å². The van der Waals surface area contributed by atoms with Crippen LogP contribution in [0.15, 0.2) is 4.99 Å². The molecule has 1 saturated carbocycles. The van der Waals surface area contributed by atoms with Gasteiger partial charge in [0, 0.05) is 50.8 Å². The predicted molar refractivity (Wildman–Crippen MR) is 102 cm³/mol. The first-order valence-corrected chi connectivity index (χ1v) is 10.2. The van der Waals surface area contributed by atoms with Crippen LogP contribution >= 0.6 is 0 Å². The van der Waals surface area contributed by atoms with E-state index in [9.17, 15) is 0 Å². The first-order valence-electron chi connectivity index (χ1n) is 10.2. The first kappa shape index (κ1) is 18.0. The van der Waals surface area contributed by atoms with Gasteiger partial charge in [0.1, 0.15) is 0 Å². The molecule has 0 spiro atoms. The molecule has 0 bridgehead atoms. The van der Waals surface area contributed by atoms with Gasteiger partial charge in [0.25, 0.3) is 0 Å². The molecule has 0 aromatic carbocycles. The molecule has 2 N–H and O–H groups in total. The van der Waals surface area contributed by atoms with Crippen molar-refractivity contribution in [3.8, 4) is 0 Å². The van der Waals surface area contributed by atoms with Gasteiger partial charge in [-0.2, -0.15) is 0 Å². The van der Waals surface area contributed by atoms with Crippen LogP contribution in [0.5, 0.6) is 0 Å². The quantitative estimate of drug-likeness (QED) is 0.575. The third-order valence-electron chi connectivity index (χ3n) is 5.83. The molecule has 0 aromatic heterocycles. The van der Waals surface area contributed by atoms with Crippen molar-refractivity contribution in [3.05, 3.63) is 0 Å². The lowest BCUT2D eigenvalue weighted by atomic mass is 10.0. The number of likely N-dealkylation sites (tertiary alicyclic amines) is 2. The highest BCUT2D eigenvalue weighted by molar-refractivity contribution is 5.80. The van der Waals surface area contributed by atoms with Gasteiger partial charge in [-0.3, -0.25) is 4.99 Å². The van der Waals surface area contributed by atoms with Gasteiger partial charge in [0.15, 0.2) is 5.96 Å².